The minimum Gasteiger partial charge on any atom is -0.469 e. The average molecular weight is 595 g/mol. The Hall–Kier alpha value is -4.26. The topological polar surface area (TPSA) is 74.3 Å². The van der Waals surface area contributed by atoms with Gasteiger partial charge in [-0.1, -0.05) is 60.9 Å². The fourth-order valence-electron chi connectivity index (χ4n) is 8.07. The number of furan rings is 1. The molecular formula is C37H39FN2O4. The van der Waals surface area contributed by atoms with Crippen molar-refractivity contribution in [1.29, 1.82) is 0 Å². The summed E-state index contributed by atoms with van der Waals surface area (Å²) in [6.45, 7) is 6.62. The molecule has 6 nitrogen and oxygen atoms in total. The number of ether oxygens (including phenoxy) is 1. The summed E-state index contributed by atoms with van der Waals surface area (Å²) in [4.78, 5) is 26.9. The van der Waals surface area contributed by atoms with Gasteiger partial charge in [-0.25, -0.2) is 9.07 Å². The van der Waals surface area contributed by atoms with E-state index in [9.17, 15) is 14.0 Å². The molecule has 0 spiro atoms. The van der Waals surface area contributed by atoms with Gasteiger partial charge in [0, 0.05) is 11.1 Å². The minimum absolute atomic E-state index is 0.105. The van der Waals surface area contributed by atoms with Crippen LogP contribution in [0.1, 0.15) is 81.1 Å². The van der Waals surface area contributed by atoms with Gasteiger partial charge in [0.2, 0.25) is 5.78 Å². The maximum Gasteiger partial charge on any atom is 0.311 e. The first-order valence-electron chi connectivity index (χ1n) is 15.5. The zero-order valence-corrected chi connectivity index (χ0v) is 25.9. The van der Waals surface area contributed by atoms with E-state index in [1.54, 1.807) is 29.1 Å². The number of hydrogen-bond acceptors (Lipinski definition) is 5. The number of allylic oxidation sites excluding steroid dienone is 2. The van der Waals surface area contributed by atoms with Crippen LogP contribution in [-0.4, -0.2) is 28.6 Å². The summed E-state index contributed by atoms with van der Waals surface area (Å²) in [5, 5.41) is 4.65. The number of esters is 1. The van der Waals surface area contributed by atoms with Gasteiger partial charge in [0.05, 0.1) is 30.2 Å². The van der Waals surface area contributed by atoms with Crippen LogP contribution in [0.5, 0.6) is 0 Å². The van der Waals surface area contributed by atoms with E-state index in [1.807, 2.05) is 36.4 Å². The predicted molar refractivity (Wildman–Crippen MR) is 167 cm³/mol. The van der Waals surface area contributed by atoms with Crippen molar-refractivity contribution >= 4 is 11.8 Å². The average Bonchev–Trinajstić information content (AvgIpc) is 3.68. The number of fused-ring (bicyclic) bond motifs is 1. The van der Waals surface area contributed by atoms with E-state index in [-0.39, 0.29) is 40.4 Å². The highest BCUT2D eigenvalue weighted by Gasteiger charge is 2.55. The highest BCUT2D eigenvalue weighted by Crippen LogP contribution is 2.60. The lowest BCUT2D eigenvalue weighted by Crippen LogP contribution is -2.50. The van der Waals surface area contributed by atoms with Crippen molar-refractivity contribution in [3.05, 3.63) is 107 Å². The van der Waals surface area contributed by atoms with Gasteiger partial charge in [0.1, 0.15) is 11.5 Å². The van der Waals surface area contributed by atoms with Crippen molar-refractivity contribution in [1.82, 2.24) is 9.78 Å². The maximum absolute atomic E-state index is 14.2. The number of nitrogens with zero attached hydrogens (tertiary/aromatic N) is 2. The second-order valence-electron chi connectivity index (χ2n) is 12.8. The summed E-state index contributed by atoms with van der Waals surface area (Å²) in [5.41, 5.74) is 5.29. The molecule has 3 unspecified atom stereocenters. The van der Waals surface area contributed by atoms with E-state index in [0.717, 1.165) is 49.7 Å². The molecule has 0 radical (unpaired) electrons. The van der Waals surface area contributed by atoms with Gasteiger partial charge in [0.25, 0.3) is 0 Å². The highest BCUT2D eigenvalue weighted by molar-refractivity contribution is 6.07. The first-order chi connectivity index (χ1) is 21.2. The summed E-state index contributed by atoms with van der Waals surface area (Å²) < 4.78 is 26.9. The fraction of sp³-hybridized carbons (Fsp3) is 0.378. The molecule has 0 amide bonds. The number of hydrogen-bond donors (Lipinski definition) is 0. The Kier molecular flexibility index (Phi) is 7.91. The molecule has 2 aliphatic carbocycles. The van der Waals surface area contributed by atoms with Crippen molar-refractivity contribution < 1.29 is 23.1 Å². The lowest BCUT2D eigenvalue weighted by Gasteiger charge is -2.54. The van der Waals surface area contributed by atoms with Gasteiger partial charge < -0.3 is 9.15 Å². The second kappa shape index (κ2) is 11.7. The Labute approximate surface area is 257 Å². The summed E-state index contributed by atoms with van der Waals surface area (Å²) in [7, 11) is 1.49. The number of ketones is 1. The zero-order valence-electron chi connectivity index (χ0n) is 25.9. The predicted octanol–water partition coefficient (Wildman–Crippen LogP) is 8.53. The summed E-state index contributed by atoms with van der Waals surface area (Å²) in [5.74, 6) is -0.323. The smallest absolute Gasteiger partial charge is 0.311 e. The van der Waals surface area contributed by atoms with Crippen LogP contribution in [0, 0.1) is 22.6 Å². The number of carbonyl (C=O) groups is 2. The first-order valence-corrected chi connectivity index (χ1v) is 15.5. The van der Waals surface area contributed by atoms with Gasteiger partial charge in [0.15, 0.2) is 5.76 Å². The largest absolute Gasteiger partial charge is 0.469 e. The standard InChI is InChI=1S/C37H39FN2O4/c1-24-14-17-32-36(2,19-9-20-37(32,3)35(42)43-4)29(24)16-15-26-18-21-44-34(26)33(41)30-23-31(25-10-6-5-7-11-25)40(39-30)28-13-8-12-27(38)22-28/h5-8,10-13,18,21-23,32H,9,14-17,19-20H2,1-4H3. The number of aryl methyl sites for hydroxylation is 1. The van der Waals surface area contributed by atoms with Crippen LogP contribution in [-0.2, 0) is 16.0 Å². The van der Waals surface area contributed by atoms with Gasteiger partial charge in [-0.15, -0.1) is 0 Å². The summed E-state index contributed by atoms with van der Waals surface area (Å²) in [6.07, 6.45) is 7.77. The third-order valence-electron chi connectivity index (χ3n) is 10.3. The Morgan fingerprint density at radius 1 is 1.05 bits per heavy atom. The van der Waals surface area contributed by atoms with Crippen LogP contribution in [0.2, 0.25) is 0 Å². The van der Waals surface area contributed by atoms with Crippen LogP contribution < -0.4 is 0 Å². The molecule has 0 bridgehead atoms. The van der Waals surface area contributed by atoms with Gasteiger partial charge in [-0.2, -0.15) is 5.10 Å². The van der Waals surface area contributed by atoms with Crippen molar-refractivity contribution in [3.8, 4) is 16.9 Å². The molecule has 0 N–H and O–H groups in total. The molecule has 2 aromatic heterocycles. The summed E-state index contributed by atoms with van der Waals surface area (Å²) in [6, 6.07) is 19.4. The van der Waals surface area contributed by atoms with E-state index in [2.05, 4.69) is 25.9 Å². The molecule has 0 aliphatic heterocycles. The molecule has 228 valence electrons. The molecular weight excluding hydrogens is 555 g/mol. The van der Waals surface area contributed by atoms with Crippen LogP contribution in [0.3, 0.4) is 0 Å². The SMILES string of the molecule is COC(=O)C1(C)CCCC2(C)C(CCc3ccoc3C(=O)c3cc(-c4ccccc4)n(-c4cccc(F)c4)n3)=C(C)CCC12. The van der Waals surface area contributed by atoms with Crippen LogP contribution in [0.15, 0.2) is 88.6 Å². The van der Waals surface area contributed by atoms with E-state index >= 15 is 0 Å². The van der Waals surface area contributed by atoms with Crippen LogP contribution in [0.4, 0.5) is 4.39 Å². The molecule has 0 saturated heterocycles. The number of benzene rings is 2. The highest BCUT2D eigenvalue weighted by atomic mass is 19.1. The third kappa shape index (κ3) is 5.12. The monoisotopic (exact) mass is 594 g/mol. The van der Waals surface area contributed by atoms with E-state index < -0.39 is 5.41 Å². The molecule has 6 rings (SSSR count). The molecule has 2 aromatic carbocycles. The second-order valence-corrected chi connectivity index (χ2v) is 12.8. The van der Waals surface area contributed by atoms with Crippen LogP contribution >= 0.6 is 0 Å². The van der Waals surface area contributed by atoms with Crippen molar-refractivity contribution in [2.75, 3.05) is 7.11 Å². The van der Waals surface area contributed by atoms with Gasteiger partial charge in [-0.3, -0.25) is 9.59 Å². The number of halogens is 1. The van der Waals surface area contributed by atoms with Crippen molar-refractivity contribution in [3.63, 3.8) is 0 Å². The summed E-state index contributed by atoms with van der Waals surface area (Å²) >= 11 is 0. The molecule has 3 atom stereocenters. The van der Waals surface area contributed by atoms with E-state index in [0.29, 0.717) is 17.8 Å². The Balaban J connectivity index is 1.29. The molecule has 2 heterocycles. The molecule has 44 heavy (non-hydrogen) atoms. The Morgan fingerprint density at radius 3 is 2.59 bits per heavy atom. The molecule has 1 saturated carbocycles. The van der Waals surface area contributed by atoms with Crippen LogP contribution in [0.25, 0.3) is 16.9 Å². The van der Waals surface area contributed by atoms with Crippen molar-refractivity contribution in [2.24, 2.45) is 16.7 Å². The Bertz CT molecular complexity index is 1730. The fourth-order valence-corrected chi connectivity index (χ4v) is 8.07. The van der Waals surface area contributed by atoms with E-state index in [1.165, 1.54) is 30.4 Å². The molecule has 4 aromatic rings. The molecule has 7 heteroatoms. The quantitative estimate of drug-likeness (QED) is 0.116. The minimum atomic E-state index is -0.499. The number of methoxy groups -OCH3 is 1. The molecule has 2 aliphatic rings. The normalized spacial score (nSPS) is 23.3. The number of rotatable bonds is 8. The third-order valence-corrected chi connectivity index (χ3v) is 10.3. The maximum atomic E-state index is 14.2. The number of carbonyl (C=O) groups excluding carboxylic acids is 2. The number of aromatic nitrogens is 2. The zero-order chi connectivity index (χ0) is 31.1. The van der Waals surface area contributed by atoms with Gasteiger partial charge in [-0.05, 0) is 94.0 Å². The first kappa shape index (κ1) is 29.8. The van der Waals surface area contributed by atoms with Gasteiger partial charge >= 0.3 is 5.97 Å². The Morgan fingerprint density at radius 2 is 1.84 bits per heavy atom. The van der Waals surface area contributed by atoms with E-state index in [4.69, 9.17) is 9.15 Å². The van der Waals surface area contributed by atoms with Crippen molar-refractivity contribution in [2.45, 2.75) is 65.7 Å². The lowest BCUT2D eigenvalue weighted by molar-refractivity contribution is -0.163. The molecule has 1 fully saturated rings. The lowest BCUT2D eigenvalue weighted by atomic mass is 9.49.